The molecular formula is C10H12BrNO3. The minimum Gasteiger partial charge on any atom is -0.506 e. The van der Waals surface area contributed by atoms with E-state index in [0.29, 0.717) is 11.0 Å². The molecule has 0 aliphatic carbocycles. The van der Waals surface area contributed by atoms with E-state index in [4.69, 9.17) is 0 Å². The first kappa shape index (κ1) is 12.0. The molecule has 82 valence electrons. The Morgan fingerprint density at radius 1 is 1.60 bits per heavy atom. The summed E-state index contributed by atoms with van der Waals surface area (Å²) in [5.74, 6) is -0.139. The fraction of sp³-hybridized carbons (Fsp3) is 0.300. The molecule has 0 radical (unpaired) electrons. The smallest absolute Gasteiger partial charge is 0.319 e. The van der Waals surface area contributed by atoms with Crippen LogP contribution >= 0.6 is 15.9 Å². The molecule has 0 amide bonds. The van der Waals surface area contributed by atoms with Gasteiger partial charge >= 0.3 is 5.97 Å². The van der Waals surface area contributed by atoms with Crippen molar-refractivity contribution in [3.8, 4) is 5.75 Å². The highest BCUT2D eigenvalue weighted by molar-refractivity contribution is 9.10. The van der Waals surface area contributed by atoms with E-state index in [1.807, 2.05) is 6.07 Å². The zero-order valence-corrected chi connectivity index (χ0v) is 9.87. The van der Waals surface area contributed by atoms with Gasteiger partial charge in [0.15, 0.2) is 0 Å². The highest BCUT2D eigenvalue weighted by atomic mass is 79.9. The zero-order valence-electron chi connectivity index (χ0n) is 8.29. The van der Waals surface area contributed by atoms with E-state index in [1.54, 1.807) is 12.1 Å². The SMILES string of the molecule is COC(=O)CNCc1cccc(Br)c1O. The maximum atomic E-state index is 10.8. The van der Waals surface area contributed by atoms with Crippen LogP contribution in [0.5, 0.6) is 5.75 Å². The standard InChI is InChI=1S/C10H12BrNO3/c1-15-9(13)6-12-5-7-3-2-4-8(11)10(7)14/h2-4,12,14H,5-6H2,1H3. The fourth-order valence-corrected chi connectivity index (χ4v) is 1.48. The molecule has 0 aromatic heterocycles. The maximum absolute atomic E-state index is 10.8. The van der Waals surface area contributed by atoms with Crippen molar-refractivity contribution in [3.63, 3.8) is 0 Å². The third-order valence-electron chi connectivity index (χ3n) is 1.88. The van der Waals surface area contributed by atoms with Gasteiger partial charge in [0, 0.05) is 12.1 Å². The molecule has 0 bridgehead atoms. The summed E-state index contributed by atoms with van der Waals surface area (Å²) in [6.45, 7) is 0.544. The summed E-state index contributed by atoms with van der Waals surface area (Å²) in [6, 6.07) is 5.35. The average molecular weight is 274 g/mol. The first-order valence-electron chi connectivity index (χ1n) is 4.39. The number of hydrogen-bond acceptors (Lipinski definition) is 4. The first-order chi connectivity index (χ1) is 7.15. The molecule has 0 saturated heterocycles. The lowest BCUT2D eigenvalue weighted by atomic mass is 10.2. The van der Waals surface area contributed by atoms with E-state index in [1.165, 1.54) is 7.11 Å². The van der Waals surface area contributed by atoms with E-state index in [0.717, 1.165) is 5.56 Å². The monoisotopic (exact) mass is 273 g/mol. The molecule has 0 unspecified atom stereocenters. The number of aromatic hydroxyl groups is 1. The van der Waals surface area contributed by atoms with Crippen LogP contribution in [-0.4, -0.2) is 24.7 Å². The number of ether oxygens (including phenoxy) is 1. The van der Waals surface area contributed by atoms with Gasteiger partial charge in [-0.25, -0.2) is 0 Å². The van der Waals surface area contributed by atoms with Crippen LogP contribution in [0, 0.1) is 0 Å². The van der Waals surface area contributed by atoms with Gasteiger partial charge < -0.3 is 15.2 Å². The molecule has 1 aromatic rings. The van der Waals surface area contributed by atoms with Gasteiger partial charge in [0.05, 0.1) is 18.1 Å². The highest BCUT2D eigenvalue weighted by Gasteiger charge is 2.05. The summed E-state index contributed by atoms with van der Waals surface area (Å²) in [6.07, 6.45) is 0. The lowest BCUT2D eigenvalue weighted by molar-refractivity contribution is -0.139. The van der Waals surface area contributed by atoms with Crippen molar-refractivity contribution in [3.05, 3.63) is 28.2 Å². The van der Waals surface area contributed by atoms with Gasteiger partial charge in [0.25, 0.3) is 0 Å². The van der Waals surface area contributed by atoms with Gasteiger partial charge in [-0.05, 0) is 22.0 Å². The van der Waals surface area contributed by atoms with Gasteiger partial charge in [-0.15, -0.1) is 0 Å². The third kappa shape index (κ3) is 3.53. The first-order valence-corrected chi connectivity index (χ1v) is 5.18. The van der Waals surface area contributed by atoms with Crippen LogP contribution in [0.2, 0.25) is 0 Å². The Labute approximate surface area is 96.4 Å². The van der Waals surface area contributed by atoms with Crippen molar-refractivity contribution in [2.24, 2.45) is 0 Å². The number of carbonyl (C=O) groups excluding carboxylic acids is 1. The minimum absolute atomic E-state index is 0.127. The van der Waals surface area contributed by atoms with Crippen LogP contribution in [-0.2, 0) is 16.1 Å². The number of esters is 1. The molecule has 0 saturated carbocycles. The molecule has 0 aliphatic rings. The fourth-order valence-electron chi connectivity index (χ4n) is 1.07. The van der Waals surface area contributed by atoms with Gasteiger partial charge in [-0.1, -0.05) is 12.1 Å². The van der Waals surface area contributed by atoms with E-state index < -0.39 is 0 Å². The molecule has 15 heavy (non-hydrogen) atoms. The molecule has 0 spiro atoms. The van der Waals surface area contributed by atoms with Crippen LogP contribution in [0.25, 0.3) is 0 Å². The second-order valence-corrected chi connectivity index (χ2v) is 3.78. The largest absolute Gasteiger partial charge is 0.506 e. The van der Waals surface area contributed by atoms with E-state index in [2.05, 4.69) is 26.0 Å². The number of rotatable bonds is 4. The predicted octanol–water partition coefficient (Wildman–Crippen LogP) is 1.42. The Kier molecular flexibility index (Phi) is 4.58. The normalized spacial score (nSPS) is 10.0. The zero-order chi connectivity index (χ0) is 11.3. The molecule has 2 N–H and O–H groups in total. The Bertz CT molecular complexity index is 355. The van der Waals surface area contributed by atoms with Crippen molar-refractivity contribution in [2.75, 3.05) is 13.7 Å². The quantitative estimate of drug-likeness (QED) is 0.815. The molecule has 0 heterocycles. The molecule has 0 aliphatic heterocycles. The molecule has 4 nitrogen and oxygen atoms in total. The number of benzene rings is 1. The van der Waals surface area contributed by atoms with Crippen molar-refractivity contribution < 1.29 is 14.6 Å². The van der Waals surface area contributed by atoms with Crippen molar-refractivity contribution in [1.82, 2.24) is 5.32 Å². The number of halogens is 1. The van der Waals surface area contributed by atoms with Crippen LogP contribution < -0.4 is 5.32 Å². The molecule has 5 heteroatoms. The minimum atomic E-state index is -0.329. The predicted molar refractivity (Wildman–Crippen MR) is 59.5 cm³/mol. The highest BCUT2D eigenvalue weighted by Crippen LogP contribution is 2.26. The summed E-state index contributed by atoms with van der Waals surface area (Å²) in [5, 5.41) is 12.5. The number of phenolic OH excluding ortho intramolecular Hbond substituents is 1. The van der Waals surface area contributed by atoms with E-state index in [-0.39, 0.29) is 18.3 Å². The molecule has 0 atom stereocenters. The Hall–Kier alpha value is -1.07. The number of carbonyl (C=O) groups is 1. The summed E-state index contributed by atoms with van der Waals surface area (Å²) in [7, 11) is 1.33. The van der Waals surface area contributed by atoms with Gasteiger partial charge in [0.2, 0.25) is 0 Å². The topological polar surface area (TPSA) is 58.6 Å². The summed E-state index contributed by atoms with van der Waals surface area (Å²) in [5.41, 5.74) is 0.730. The number of methoxy groups -OCH3 is 1. The summed E-state index contributed by atoms with van der Waals surface area (Å²) in [4.78, 5) is 10.8. The lowest BCUT2D eigenvalue weighted by Gasteiger charge is -2.06. The molecule has 1 rings (SSSR count). The maximum Gasteiger partial charge on any atom is 0.319 e. The van der Waals surface area contributed by atoms with Gasteiger partial charge in [-0.2, -0.15) is 0 Å². The average Bonchev–Trinajstić information content (AvgIpc) is 2.24. The van der Waals surface area contributed by atoms with E-state index in [9.17, 15) is 9.90 Å². The number of phenols is 1. The van der Waals surface area contributed by atoms with Crippen LogP contribution in [0.1, 0.15) is 5.56 Å². The van der Waals surface area contributed by atoms with Crippen LogP contribution in [0.15, 0.2) is 22.7 Å². The Morgan fingerprint density at radius 2 is 2.33 bits per heavy atom. The van der Waals surface area contributed by atoms with Crippen molar-refractivity contribution >= 4 is 21.9 Å². The molecule has 1 aromatic carbocycles. The number of para-hydroxylation sites is 1. The molecular weight excluding hydrogens is 262 g/mol. The summed E-state index contributed by atoms with van der Waals surface area (Å²) < 4.78 is 5.11. The van der Waals surface area contributed by atoms with Gasteiger partial charge in [0.1, 0.15) is 5.75 Å². The second kappa shape index (κ2) is 5.72. The summed E-state index contributed by atoms with van der Waals surface area (Å²) >= 11 is 3.21. The lowest BCUT2D eigenvalue weighted by Crippen LogP contribution is -2.23. The van der Waals surface area contributed by atoms with Crippen molar-refractivity contribution in [1.29, 1.82) is 0 Å². The van der Waals surface area contributed by atoms with Crippen molar-refractivity contribution in [2.45, 2.75) is 6.54 Å². The second-order valence-electron chi connectivity index (χ2n) is 2.93. The molecule has 0 fully saturated rings. The Balaban J connectivity index is 2.51. The number of nitrogens with one attached hydrogen (secondary N) is 1. The number of hydrogen-bond donors (Lipinski definition) is 2. The van der Waals surface area contributed by atoms with Crippen LogP contribution in [0.4, 0.5) is 0 Å². The van der Waals surface area contributed by atoms with Crippen LogP contribution in [0.3, 0.4) is 0 Å². The third-order valence-corrected chi connectivity index (χ3v) is 2.52. The Morgan fingerprint density at radius 3 is 3.00 bits per heavy atom. The van der Waals surface area contributed by atoms with E-state index >= 15 is 0 Å². The van der Waals surface area contributed by atoms with Gasteiger partial charge in [-0.3, -0.25) is 4.79 Å².